The van der Waals surface area contributed by atoms with Crippen molar-refractivity contribution in [3.8, 4) is 16.9 Å². The Kier molecular flexibility index (Phi) is 6.80. The van der Waals surface area contributed by atoms with Crippen molar-refractivity contribution in [3.63, 3.8) is 0 Å². The number of halogens is 1. The van der Waals surface area contributed by atoms with Crippen molar-refractivity contribution >= 4 is 21.8 Å². The van der Waals surface area contributed by atoms with E-state index < -0.39 is 5.91 Å². The van der Waals surface area contributed by atoms with E-state index in [1.54, 1.807) is 7.11 Å². The van der Waals surface area contributed by atoms with E-state index in [4.69, 9.17) is 10.5 Å². The van der Waals surface area contributed by atoms with E-state index in [0.717, 1.165) is 57.6 Å². The Morgan fingerprint density at radius 1 is 1.14 bits per heavy atom. The molecular formula is C24H27BrN2O2. The number of amides is 1. The minimum absolute atomic E-state index is 0.392. The van der Waals surface area contributed by atoms with Gasteiger partial charge in [0.25, 0.3) is 5.91 Å². The molecule has 0 aliphatic rings. The van der Waals surface area contributed by atoms with Crippen LogP contribution in [0, 0.1) is 6.92 Å². The van der Waals surface area contributed by atoms with E-state index in [-0.39, 0.29) is 0 Å². The van der Waals surface area contributed by atoms with E-state index in [1.807, 2.05) is 49.4 Å². The van der Waals surface area contributed by atoms with Crippen LogP contribution in [-0.2, 0) is 13.0 Å². The van der Waals surface area contributed by atoms with Gasteiger partial charge in [-0.2, -0.15) is 0 Å². The Morgan fingerprint density at radius 3 is 2.45 bits per heavy atom. The number of hydrogen-bond acceptors (Lipinski definition) is 2. The number of rotatable bonds is 8. The van der Waals surface area contributed by atoms with E-state index >= 15 is 0 Å². The van der Waals surface area contributed by atoms with Crippen LogP contribution in [0.15, 0.2) is 53.0 Å². The first-order valence-corrected chi connectivity index (χ1v) is 10.7. The Labute approximate surface area is 180 Å². The number of carbonyl (C=O) groups excluding carboxylic acids is 1. The topological polar surface area (TPSA) is 57.2 Å². The molecule has 4 nitrogen and oxygen atoms in total. The van der Waals surface area contributed by atoms with Crippen molar-refractivity contribution < 1.29 is 9.53 Å². The molecule has 0 saturated carbocycles. The van der Waals surface area contributed by atoms with E-state index in [0.29, 0.717) is 12.1 Å². The molecule has 0 saturated heterocycles. The number of aromatic nitrogens is 1. The highest BCUT2D eigenvalue weighted by Crippen LogP contribution is 2.35. The maximum Gasteiger partial charge on any atom is 0.251 e. The molecule has 2 aromatic carbocycles. The minimum Gasteiger partial charge on any atom is -0.496 e. The van der Waals surface area contributed by atoms with Crippen molar-refractivity contribution in [1.29, 1.82) is 0 Å². The van der Waals surface area contributed by atoms with Crippen molar-refractivity contribution in [2.24, 2.45) is 5.73 Å². The van der Waals surface area contributed by atoms with E-state index in [9.17, 15) is 4.79 Å². The second-order valence-electron chi connectivity index (χ2n) is 7.15. The van der Waals surface area contributed by atoms with Crippen LogP contribution >= 0.6 is 15.9 Å². The largest absolute Gasteiger partial charge is 0.496 e. The maximum atomic E-state index is 12.5. The SMILES string of the molecule is CCCCc1c(-c2ccc(Br)cc2)c(C(N)=O)c(C)n1Cc1ccccc1OC. The number of primary amides is 1. The van der Waals surface area contributed by atoms with Gasteiger partial charge in [0, 0.05) is 27.0 Å². The number of benzene rings is 2. The summed E-state index contributed by atoms with van der Waals surface area (Å²) in [6.07, 6.45) is 2.99. The van der Waals surface area contributed by atoms with Crippen molar-refractivity contribution in [3.05, 3.63) is 75.5 Å². The number of methoxy groups -OCH3 is 1. The summed E-state index contributed by atoms with van der Waals surface area (Å²) in [7, 11) is 1.68. The third kappa shape index (κ3) is 4.40. The Balaban J connectivity index is 2.23. The second kappa shape index (κ2) is 9.31. The molecule has 3 rings (SSSR count). The number of ether oxygens (including phenoxy) is 1. The van der Waals surface area contributed by atoms with Gasteiger partial charge >= 0.3 is 0 Å². The van der Waals surface area contributed by atoms with Crippen LogP contribution in [0.5, 0.6) is 5.75 Å². The van der Waals surface area contributed by atoms with Crippen LogP contribution in [0.1, 0.15) is 47.1 Å². The minimum atomic E-state index is -0.392. The molecule has 29 heavy (non-hydrogen) atoms. The smallest absolute Gasteiger partial charge is 0.251 e. The number of hydrogen-bond donors (Lipinski definition) is 1. The molecule has 2 N–H and O–H groups in total. The summed E-state index contributed by atoms with van der Waals surface area (Å²) < 4.78 is 8.78. The summed E-state index contributed by atoms with van der Waals surface area (Å²) in [5, 5.41) is 0. The van der Waals surface area contributed by atoms with Gasteiger partial charge in [0.15, 0.2) is 0 Å². The lowest BCUT2D eigenvalue weighted by atomic mass is 9.97. The molecule has 1 aromatic heterocycles. The summed E-state index contributed by atoms with van der Waals surface area (Å²) in [6.45, 7) is 4.79. The van der Waals surface area contributed by atoms with Gasteiger partial charge < -0.3 is 15.0 Å². The van der Waals surface area contributed by atoms with Crippen LogP contribution in [-0.4, -0.2) is 17.6 Å². The molecule has 0 spiro atoms. The summed E-state index contributed by atoms with van der Waals surface area (Å²) in [4.78, 5) is 12.5. The molecule has 0 radical (unpaired) electrons. The van der Waals surface area contributed by atoms with E-state index in [1.165, 1.54) is 0 Å². The fraction of sp³-hybridized carbons (Fsp3) is 0.292. The molecule has 1 amide bonds. The lowest BCUT2D eigenvalue weighted by molar-refractivity contribution is 0.1000. The first kappa shape index (κ1) is 21.2. The Hall–Kier alpha value is -2.53. The summed E-state index contributed by atoms with van der Waals surface area (Å²) >= 11 is 3.49. The predicted octanol–water partition coefficient (Wildman–Crippen LogP) is 5.72. The van der Waals surface area contributed by atoms with Crippen LogP contribution in [0.4, 0.5) is 0 Å². The van der Waals surface area contributed by atoms with Crippen LogP contribution in [0.2, 0.25) is 0 Å². The van der Waals surface area contributed by atoms with Gasteiger partial charge in [-0.25, -0.2) is 0 Å². The molecule has 1 heterocycles. The van der Waals surface area contributed by atoms with Crippen LogP contribution in [0.3, 0.4) is 0 Å². The van der Waals surface area contributed by atoms with Gasteiger partial charge in [-0.05, 0) is 43.5 Å². The molecule has 0 atom stereocenters. The number of nitrogens with two attached hydrogens (primary N) is 1. The number of para-hydroxylation sites is 1. The molecule has 0 fully saturated rings. The van der Waals surface area contributed by atoms with Gasteiger partial charge in [-0.3, -0.25) is 4.79 Å². The summed E-state index contributed by atoms with van der Waals surface area (Å²) in [5.74, 6) is 0.449. The monoisotopic (exact) mass is 454 g/mol. The molecule has 152 valence electrons. The van der Waals surface area contributed by atoms with Crippen LogP contribution < -0.4 is 10.5 Å². The second-order valence-corrected chi connectivity index (χ2v) is 8.07. The predicted molar refractivity (Wildman–Crippen MR) is 122 cm³/mol. The molecule has 5 heteroatoms. The standard InChI is InChI=1S/C24H27BrN2O2/c1-4-5-9-20-23(17-11-13-19(25)14-12-17)22(24(26)28)16(2)27(20)15-18-8-6-7-10-21(18)29-3/h6-8,10-14H,4-5,9,15H2,1-3H3,(H2,26,28). The Bertz CT molecular complexity index is 1010. The van der Waals surface area contributed by atoms with E-state index in [2.05, 4.69) is 33.5 Å². The van der Waals surface area contributed by atoms with Crippen molar-refractivity contribution in [2.75, 3.05) is 7.11 Å². The normalized spacial score (nSPS) is 10.9. The summed E-state index contributed by atoms with van der Waals surface area (Å²) in [6, 6.07) is 16.1. The third-order valence-electron chi connectivity index (χ3n) is 5.30. The Morgan fingerprint density at radius 2 is 1.83 bits per heavy atom. The average Bonchev–Trinajstić information content (AvgIpc) is 2.99. The number of unbranched alkanes of at least 4 members (excludes halogenated alkanes) is 1. The fourth-order valence-electron chi connectivity index (χ4n) is 3.85. The lowest BCUT2D eigenvalue weighted by Crippen LogP contribution is -2.13. The highest BCUT2D eigenvalue weighted by Gasteiger charge is 2.25. The van der Waals surface area contributed by atoms with Gasteiger partial charge in [0.1, 0.15) is 5.75 Å². The van der Waals surface area contributed by atoms with Crippen molar-refractivity contribution in [1.82, 2.24) is 4.57 Å². The zero-order valence-corrected chi connectivity index (χ0v) is 18.8. The fourth-order valence-corrected chi connectivity index (χ4v) is 4.11. The first-order chi connectivity index (χ1) is 14.0. The average molecular weight is 455 g/mol. The van der Waals surface area contributed by atoms with Crippen molar-refractivity contribution in [2.45, 2.75) is 39.7 Å². The quantitative estimate of drug-likeness (QED) is 0.472. The number of nitrogens with zero attached hydrogens (tertiary/aromatic N) is 1. The number of carbonyl (C=O) groups is 1. The zero-order chi connectivity index (χ0) is 21.0. The highest BCUT2D eigenvalue weighted by molar-refractivity contribution is 9.10. The molecular weight excluding hydrogens is 428 g/mol. The molecule has 0 aliphatic carbocycles. The van der Waals surface area contributed by atoms with Gasteiger partial charge in [-0.1, -0.05) is 59.6 Å². The highest BCUT2D eigenvalue weighted by atomic mass is 79.9. The molecule has 0 aliphatic heterocycles. The third-order valence-corrected chi connectivity index (χ3v) is 5.83. The van der Waals surface area contributed by atoms with Gasteiger partial charge in [0.2, 0.25) is 0 Å². The lowest BCUT2D eigenvalue weighted by Gasteiger charge is -2.15. The van der Waals surface area contributed by atoms with Gasteiger partial charge in [0.05, 0.1) is 19.2 Å². The maximum absolute atomic E-state index is 12.5. The summed E-state index contributed by atoms with van der Waals surface area (Å²) in [5.41, 5.74) is 11.5. The molecule has 3 aromatic rings. The first-order valence-electron chi connectivity index (χ1n) is 9.87. The van der Waals surface area contributed by atoms with Gasteiger partial charge in [-0.15, -0.1) is 0 Å². The zero-order valence-electron chi connectivity index (χ0n) is 17.2. The molecule has 0 unspecified atom stereocenters. The van der Waals surface area contributed by atoms with Crippen LogP contribution in [0.25, 0.3) is 11.1 Å². The molecule has 0 bridgehead atoms.